The van der Waals surface area contributed by atoms with Crippen LogP contribution in [0.3, 0.4) is 0 Å². The van der Waals surface area contributed by atoms with Crippen molar-refractivity contribution in [3.8, 4) is 29.0 Å². The van der Waals surface area contributed by atoms with Crippen molar-refractivity contribution in [2.75, 3.05) is 0 Å². The van der Waals surface area contributed by atoms with Crippen LogP contribution in [0.5, 0.6) is 5.75 Å². The average Bonchev–Trinajstić information content (AvgIpc) is 3.19. The van der Waals surface area contributed by atoms with Crippen LogP contribution in [0.2, 0.25) is 0 Å². The molecule has 7 nitrogen and oxygen atoms in total. The first kappa shape index (κ1) is 20.9. The largest absolute Gasteiger partial charge is 0.508 e. The summed E-state index contributed by atoms with van der Waals surface area (Å²) in [5.74, 6) is 0.597. The molecule has 5 rings (SSSR count). The molecule has 0 saturated carbocycles. The number of aromatic hydroxyl groups is 1. The Kier molecular flexibility index (Phi) is 5.46. The van der Waals surface area contributed by atoms with Gasteiger partial charge in [-0.25, -0.2) is 4.98 Å². The van der Waals surface area contributed by atoms with E-state index < -0.39 is 0 Å². The number of H-pyrrole nitrogens is 1. The third-order valence-electron chi connectivity index (χ3n) is 5.42. The van der Waals surface area contributed by atoms with Gasteiger partial charge < -0.3 is 10.1 Å². The maximum absolute atomic E-state index is 13.3. The molecule has 164 valence electrons. The van der Waals surface area contributed by atoms with Crippen molar-refractivity contribution >= 4 is 12.2 Å². The van der Waals surface area contributed by atoms with Crippen molar-refractivity contribution in [3.63, 3.8) is 0 Å². The van der Waals surface area contributed by atoms with Crippen LogP contribution in [-0.2, 0) is 6.42 Å². The second-order valence-corrected chi connectivity index (χ2v) is 7.74. The minimum Gasteiger partial charge on any atom is -0.508 e. The van der Waals surface area contributed by atoms with E-state index in [1.165, 1.54) is 4.57 Å². The Hall–Kier alpha value is -4.96. The van der Waals surface area contributed by atoms with Gasteiger partial charge in [-0.2, -0.15) is 5.26 Å². The van der Waals surface area contributed by atoms with E-state index in [0.717, 1.165) is 11.1 Å². The molecule has 0 radical (unpaired) electrons. The molecular weight excluding hydrogens is 426 g/mol. The second kappa shape index (κ2) is 8.88. The molecule has 0 spiro atoms. The van der Waals surface area contributed by atoms with Gasteiger partial charge in [0.15, 0.2) is 5.82 Å². The topological polar surface area (TPSA) is 108 Å². The third kappa shape index (κ3) is 4.08. The number of rotatable bonds is 5. The predicted molar refractivity (Wildman–Crippen MR) is 130 cm³/mol. The van der Waals surface area contributed by atoms with Gasteiger partial charge in [-0.3, -0.25) is 14.3 Å². The third-order valence-corrected chi connectivity index (χ3v) is 5.42. The molecule has 7 heteroatoms. The van der Waals surface area contributed by atoms with E-state index in [4.69, 9.17) is 0 Å². The number of hydrogen-bond acceptors (Lipinski definition) is 5. The molecule has 0 fully saturated rings. The number of imidazole rings is 1. The summed E-state index contributed by atoms with van der Waals surface area (Å²) in [6.45, 7) is 0. The summed E-state index contributed by atoms with van der Waals surface area (Å²) in [5.41, 5.74) is 3.97. The number of phenols is 1. The van der Waals surface area contributed by atoms with Gasteiger partial charge in [0.2, 0.25) is 0 Å². The van der Waals surface area contributed by atoms with Gasteiger partial charge in [0, 0.05) is 18.8 Å². The SMILES string of the molecule is N#Cc1cccnc1-c1[nH]c(C=Cc2ccc(O)cc2)cn2c(=O)c(Cc3ccccc3)nc1-2. The normalized spacial score (nSPS) is 11.1. The van der Waals surface area contributed by atoms with Crippen LogP contribution >= 0.6 is 0 Å². The summed E-state index contributed by atoms with van der Waals surface area (Å²) < 4.78 is 1.50. The number of nitrogens with zero attached hydrogens (tertiary/aromatic N) is 4. The Labute approximate surface area is 195 Å². The minimum absolute atomic E-state index is 0.187. The minimum atomic E-state index is -0.220. The van der Waals surface area contributed by atoms with Crippen LogP contribution in [0.4, 0.5) is 0 Å². The van der Waals surface area contributed by atoms with Crippen molar-refractivity contribution in [2.45, 2.75) is 6.42 Å². The standard InChI is InChI=1S/C27H19N5O2/c28-16-20-7-4-14-29-24(20)25-26-31-23(15-19-5-2-1-3-6-19)27(34)32(26)17-21(30-25)11-8-18-9-12-22(33)13-10-18/h1-14,17,30,33H,15H2. The number of nitrogens with one attached hydrogen (secondary N) is 1. The molecule has 0 amide bonds. The van der Waals surface area contributed by atoms with Crippen LogP contribution < -0.4 is 5.56 Å². The number of fused-ring (bicyclic) bond motifs is 1. The van der Waals surface area contributed by atoms with Crippen LogP contribution in [0.15, 0.2) is 83.9 Å². The van der Waals surface area contributed by atoms with Crippen LogP contribution in [0, 0.1) is 11.3 Å². The Morgan fingerprint density at radius 3 is 2.59 bits per heavy atom. The van der Waals surface area contributed by atoms with Gasteiger partial charge in [-0.1, -0.05) is 48.5 Å². The summed E-state index contributed by atoms with van der Waals surface area (Å²) in [6.07, 6.45) is 7.37. The smallest absolute Gasteiger partial charge is 0.278 e. The molecule has 2 aliphatic heterocycles. The fraction of sp³-hybridized carbons (Fsp3) is 0.0370. The number of nitriles is 1. The summed E-state index contributed by atoms with van der Waals surface area (Å²) >= 11 is 0. The molecule has 3 heterocycles. The molecule has 0 atom stereocenters. The first-order valence-corrected chi connectivity index (χ1v) is 10.6. The highest BCUT2D eigenvalue weighted by Gasteiger charge is 2.22. The Balaban J connectivity index is 1.67. The average molecular weight is 445 g/mol. The van der Waals surface area contributed by atoms with Crippen LogP contribution in [0.1, 0.15) is 28.1 Å². The molecule has 0 bridgehead atoms. The van der Waals surface area contributed by atoms with Gasteiger partial charge in [0.25, 0.3) is 5.56 Å². The van der Waals surface area contributed by atoms with Crippen molar-refractivity contribution in [1.29, 1.82) is 5.26 Å². The van der Waals surface area contributed by atoms with Crippen molar-refractivity contribution in [2.24, 2.45) is 0 Å². The zero-order valence-corrected chi connectivity index (χ0v) is 18.0. The number of pyridine rings is 1. The lowest BCUT2D eigenvalue weighted by Gasteiger charge is -2.11. The summed E-state index contributed by atoms with van der Waals surface area (Å²) in [4.78, 5) is 25.6. The summed E-state index contributed by atoms with van der Waals surface area (Å²) in [5, 5.41) is 19.1. The zero-order valence-electron chi connectivity index (χ0n) is 18.0. The highest BCUT2D eigenvalue weighted by atomic mass is 16.3. The fourth-order valence-corrected chi connectivity index (χ4v) is 3.75. The lowest BCUT2D eigenvalue weighted by molar-refractivity contribution is 0.475. The van der Waals surface area contributed by atoms with Crippen LogP contribution in [0.25, 0.3) is 29.4 Å². The first-order chi connectivity index (χ1) is 16.6. The van der Waals surface area contributed by atoms with Gasteiger partial charge in [-0.15, -0.1) is 0 Å². The lowest BCUT2D eigenvalue weighted by Crippen LogP contribution is -2.17. The molecule has 2 aromatic carbocycles. The van der Waals surface area contributed by atoms with E-state index >= 15 is 0 Å². The molecule has 0 aliphatic carbocycles. The number of aromatic nitrogens is 4. The number of benzene rings is 2. The highest BCUT2D eigenvalue weighted by molar-refractivity contribution is 5.74. The molecule has 0 unspecified atom stereocenters. The number of aromatic amines is 1. The molecular formula is C27H19N5O2. The maximum atomic E-state index is 13.3. The maximum Gasteiger partial charge on any atom is 0.278 e. The fourth-order valence-electron chi connectivity index (χ4n) is 3.75. The Morgan fingerprint density at radius 1 is 1.03 bits per heavy atom. The molecule has 2 aliphatic rings. The molecule has 2 N–H and O–H groups in total. The van der Waals surface area contributed by atoms with Crippen LogP contribution in [-0.4, -0.2) is 24.6 Å². The predicted octanol–water partition coefficient (Wildman–Crippen LogP) is 4.40. The first-order valence-electron chi connectivity index (χ1n) is 10.6. The second-order valence-electron chi connectivity index (χ2n) is 7.74. The molecule has 0 saturated heterocycles. The van der Waals surface area contributed by atoms with E-state index in [-0.39, 0.29) is 11.3 Å². The van der Waals surface area contributed by atoms with Gasteiger partial charge >= 0.3 is 0 Å². The van der Waals surface area contributed by atoms with Gasteiger partial charge in [0.05, 0.1) is 11.3 Å². The Bertz CT molecular complexity index is 1560. The van der Waals surface area contributed by atoms with Crippen molar-refractivity contribution in [3.05, 3.63) is 118 Å². The van der Waals surface area contributed by atoms with E-state index in [2.05, 4.69) is 21.0 Å². The molecule has 1 aromatic heterocycles. The summed E-state index contributed by atoms with van der Waals surface area (Å²) in [7, 11) is 0. The summed E-state index contributed by atoms with van der Waals surface area (Å²) in [6, 6.07) is 22.0. The Morgan fingerprint density at radius 2 is 1.82 bits per heavy atom. The van der Waals surface area contributed by atoms with E-state index in [9.17, 15) is 15.2 Å². The van der Waals surface area contributed by atoms with E-state index in [1.54, 1.807) is 48.8 Å². The molecule has 3 aromatic rings. The van der Waals surface area contributed by atoms with Gasteiger partial charge in [-0.05, 0) is 41.5 Å². The van der Waals surface area contributed by atoms with E-state index in [1.807, 2.05) is 42.5 Å². The molecule has 34 heavy (non-hydrogen) atoms. The van der Waals surface area contributed by atoms with Gasteiger partial charge in [0.1, 0.15) is 28.9 Å². The monoisotopic (exact) mass is 445 g/mol. The quantitative estimate of drug-likeness (QED) is 0.417. The van der Waals surface area contributed by atoms with E-state index in [0.29, 0.717) is 40.6 Å². The number of phenolic OH excluding ortho intramolecular Hbond substituents is 1. The van der Waals surface area contributed by atoms with Crippen molar-refractivity contribution < 1.29 is 5.11 Å². The number of hydrogen-bond donors (Lipinski definition) is 2. The highest BCUT2D eigenvalue weighted by Crippen LogP contribution is 2.27. The zero-order chi connectivity index (χ0) is 23.5. The van der Waals surface area contributed by atoms with Crippen molar-refractivity contribution in [1.82, 2.24) is 19.5 Å². The lowest BCUT2D eigenvalue weighted by atomic mass is 10.1.